The molecule has 0 heterocycles. The molecule has 1 rings (SSSR count). The number of hydrogen-bond donors (Lipinski definition) is 3. The van der Waals surface area contributed by atoms with Crippen molar-refractivity contribution in [3.63, 3.8) is 0 Å². The molecule has 4 nitrogen and oxygen atoms in total. The van der Waals surface area contributed by atoms with Crippen LogP contribution < -0.4 is 10.5 Å². The van der Waals surface area contributed by atoms with E-state index in [-0.39, 0.29) is 5.75 Å². The Bertz CT molecular complexity index is 368. The fourth-order valence-electron chi connectivity index (χ4n) is 1.33. The van der Waals surface area contributed by atoms with E-state index >= 15 is 0 Å². The Labute approximate surface area is 103 Å². The van der Waals surface area contributed by atoms with Gasteiger partial charge in [-0.3, -0.25) is 0 Å². The molecule has 1 aromatic rings. The summed E-state index contributed by atoms with van der Waals surface area (Å²) >= 11 is 3.22. The van der Waals surface area contributed by atoms with Gasteiger partial charge in [-0.1, -0.05) is 0 Å². The van der Waals surface area contributed by atoms with Gasteiger partial charge in [-0.25, -0.2) is 0 Å². The molecule has 0 unspecified atom stereocenters. The number of phenolic OH excluding ortho intramolecular Hbond substituents is 1. The highest BCUT2D eigenvalue weighted by molar-refractivity contribution is 9.10. The lowest BCUT2D eigenvalue weighted by molar-refractivity contribution is 0.164. The summed E-state index contributed by atoms with van der Waals surface area (Å²) < 4.78 is 5.78. The molecule has 2 atom stereocenters. The molecule has 0 amide bonds. The summed E-state index contributed by atoms with van der Waals surface area (Å²) in [6.45, 7) is 3.90. The first kappa shape index (κ1) is 13.3. The van der Waals surface area contributed by atoms with E-state index in [1.54, 1.807) is 19.1 Å². The van der Waals surface area contributed by atoms with E-state index in [0.717, 1.165) is 0 Å². The molecule has 4 N–H and O–H groups in total. The van der Waals surface area contributed by atoms with Crippen LogP contribution in [0.1, 0.15) is 25.5 Å². The molecular formula is C11H16BrNO3. The van der Waals surface area contributed by atoms with Gasteiger partial charge in [0.2, 0.25) is 0 Å². The third kappa shape index (κ3) is 2.87. The molecule has 0 fully saturated rings. The molecule has 1 aromatic carbocycles. The second kappa shape index (κ2) is 5.52. The molecule has 0 radical (unpaired) electrons. The van der Waals surface area contributed by atoms with Crippen molar-refractivity contribution in [2.45, 2.75) is 26.0 Å². The summed E-state index contributed by atoms with van der Waals surface area (Å²) in [4.78, 5) is 0. The van der Waals surface area contributed by atoms with E-state index in [4.69, 9.17) is 10.5 Å². The van der Waals surface area contributed by atoms with Gasteiger partial charge in [0, 0.05) is 0 Å². The zero-order valence-electron chi connectivity index (χ0n) is 9.27. The Balaban J connectivity index is 3.13. The monoisotopic (exact) mass is 289 g/mol. The van der Waals surface area contributed by atoms with Crippen LogP contribution in [0.25, 0.3) is 0 Å². The van der Waals surface area contributed by atoms with Crippen LogP contribution in [-0.4, -0.2) is 22.9 Å². The first-order valence-corrected chi connectivity index (χ1v) is 5.85. The van der Waals surface area contributed by atoms with Crippen LogP contribution in [0.4, 0.5) is 0 Å². The van der Waals surface area contributed by atoms with E-state index in [9.17, 15) is 10.2 Å². The average molecular weight is 290 g/mol. The number of nitrogens with two attached hydrogens (primary N) is 1. The number of benzene rings is 1. The summed E-state index contributed by atoms with van der Waals surface area (Å²) in [5.74, 6) is 0.409. The SMILES string of the molecule is CCOc1cc([C@H](N)[C@@H](C)O)cc(Br)c1O. The Hall–Kier alpha value is -0.780. The van der Waals surface area contributed by atoms with Crippen molar-refractivity contribution in [2.24, 2.45) is 5.73 Å². The Morgan fingerprint density at radius 2 is 2.12 bits per heavy atom. The van der Waals surface area contributed by atoms with Crippen LogP contribution in [0.15, 0.2) is 16.6 Å². The number of aliphatic hydroxyl groups is 1. The molecule has 0 saturated heterocycles. The number of ether oxygens (including phenoxy) is 1. The number of aromatic hydroxyl groups is 1. The quantitative estimate of drug-likeness (QED) is 0.792. The fraction of sp³-hybridized carbons (Fsp3) is 0.455. The lowest BCUT2D eigenvalue weighted by Gasteiger charge is -2.17. The van der Waals surface area contributed by atoms with Gasteiger partial charge in [-0.15, -0.1) is 0 Å². The first-order valence-electron chi connectivity index (χ1n) is 5.06. The fourth-order valence-corrected chi connectivity index (χ4v) is 1.79. The van der Waals surface area contributed by atoms with Crippen LogP contribution in [0.2, 0.25) is 0 Å². The van der Waals surface area contributed by atoms with Crippen molar-refractivity contribution >= 4 is 15.9 Å². The molecule has 0 saturated carbocycles. The minimum Gasteiger partial charge on any atom is -0.503 e. The maximum atomic E-state index is 9.70. The number of halogens is 1. The normalized spacial score (nSPS) is 14.6. The highest BCUT2D eigenvalue weighted by Gasteiger charge is 2.16. The van der Waals surface area contributed by atoms with Crippen LogP contribution in [0, 0.1) is 0 Å². The zero-order valence-corrected chi connectivity index (χ0v) is 10.9. The van der Waals surface area contributed by atoms with Crippen molar-refractivity contribution in [1.82, 2.24) is 0 Å². The smallest absolute Gasteiger partial charge is 0.172 e. The van der Waals surface area contributed by atoms with Crippen molar-refractivity contribution in [2.75, 3.05) is 6.61 Å². The molecular weight excluding hydrogens is 274 g/mol. The Morgan fingerprint density at radius 3 is 2.62 bits per heavy atom. The second-order valence-corrected chi connectivity index (χ2v) is 4.40. The average Bonchev–Trinajstić information content (AvgIpc) is 2.23. The molecule has 0 aromatic heterocycles. The molecule has 0 aliphatic carbocycles. The van der Waals surface area contributed by atoms with Crippen LogP contribution >= 0.6 is 15.9 Å². The van der Waals surface area contributed by atoms with Gasteiger partial charge < -0.3 is 20.7 Å². The minimum absolute atomic E-state index is 0.0448. The lowest BCUT2D eigenvalue weighted by Crippen LogP contribution is -2.23. The number of aliphatic hydroxyl groups excluding tert-OH is 1. The number of phenols is 1. The first-order chi connectivity index (χ1) is 7.47. The highest BCUT2D eigenvalue weighted by atomic mass is 79.9. The van der Waals surface area contributed by atoms with Crippen molar-refractivity contribution in [3.8, 4) is 11.5 Å². The summed E-state index contributed by atoms with van der Waals surface area (Å²) in [6.07, 6.45) is -0.661. The van der Waals surface area contributed by atoms with E-state index in [0.29, 0.717) is 22.4 Å². The molecule has 5 heteroatoms. The van der Waals surface area contributed by atoms with Crippen LogP contribution in [0.3, 0.4) is 0 Å². The van der Waals surface area contributed by atoms with Gasteiger partial charge in [-0.05, 0) is 47.5 Å². The Kier molecular flexibility index (Phi) is 4.58. The number of hydrogen-bond acceptors (Lipinski definition) is 4. The van der Waals surface area contributed by atoms with E-state index in [1.165, 1.54) is 0 Å². The van der Waals surface area contributed by atoms with Gasteiger partial charge >= 0.3 is 0 Å². The van der Waals surface area contributed by atoms with Crippen LogP contribution in [-0.2, 0) is 0 Å². The van der Waals surface area contributed by atoms with E-state index in [1.807, 2.05) is 6.92 Å². The predicted octanol–water partition coefficient (Wildman–Crippen LogP) is 1.93. The molecule has 90 valence electrons. The van der Waals surface area contributed by atoms with Crippen molar-refractivity contribution in [1.29, 1.82) is 0 Å². The lowest BCUT2D eigenvalue weighted by atomic mass is 10.0. The van der Waals surface area contributed by atoms with Crippen LogP contribution in [0.5, 0.6) is 11.5 Å². The second-order valence-electron chi connectivity index (χ2n) is 3.55. The van der Waals surface area contributed by atoms with Crippen molar-refractivity contribution < 1.29 is 14.9 Å². The van der Waals surface area contributed by atoms with Crippen molar-refractivity contribution in [3.05, 3.63) is 22.2 Å². The summed E-state index contributed by atoms with van der Waals surface area (Å²) in [6, 6.07) is 2.81. The molecule has 0 bridgehead atoms. The van der Waals surface area contributed by atoms with E-state index in [2.05, 4.69) is 15.9 Å². The molecule has 0 aliphatic rings. The summed E-state index contributed by atoms with van der Waals surface area (Å²) in [5.41, 5.74) is 6.52. The molecule has 0 aliphatic heterocycles. The maximum absolute atomic E-state index is 9.70. The topological polar surface area (TPSA) is 75.7 Å². The third-order valence-corrected chi connectivity index (χ3v) is 2.86. The Morgan fingerprint density at radius 1 is 1.50 bits per heavy atom. The van der Waals surface area contributed by atoms with Gasteiger partial charge in [0.15, 0.2) is 11.5 Å². The zero-order chi connectivity index (χ0) is 12.3. The summed E-state index contributed by atoms with van der Waals surface area (Å²) in [5, 5.41) is 19.1. The van der Waals surface area contributed by atoms with Gasteiger partial charge in [0.1, 0.15) is 0 Å². The van der Waals surface area contributed by atoms with Gasteiger partial charge in [-0.2, -0.15) is 0 Å². The van der Waals surface area contributed by atoms with Gasteiger partial charge in [0.25, 0.3) is 0 Å². The maximum Gasteiger partial charge on any atom is 0.172 e. The highest BCUT2D eigenvalue weighted by Crippen LogP contribution is 2.37. The molecule has 16 heavy (non-hydrogen) atoms. The van der Waals surface area contributed by atoms with Gasteiger partial charge in [0.05, 0.1) is 23.2 Å². The predicted molar refractivity (Wildman–Crippen MR) is 65.6 cm³/mol. The third-order valence-electron chi connectivity index (χ3n) is 2.26. The minimum atomic E-state index is -0.661. The van der Waals surface area contributed by atoms with E-state index < -0.39 is 12.1 Å². The number of rotatable bonds is 4. The summed E-state index contributed by atoms with van der Waals surface area (Å²) in [7, 11) is 0. The standard InChI is InChI=1S/C11H16BrNO3/c1-3-16-9-5-7(10(13)6(2)14)4-8(12)11(9)15/h4-6,10,14-15H,3,13H2,1-2H3/t6-,10-/m1/s1. The largest absolute Gasteiger partial charge is 0.503 e. The molecule has 0 spiro atoms.